The minimum atomic E-state index is 0.952. The second-order valence-electron chi connectivity index (χ2n) is 15.5. The van der Waals surface area contributed by atoms with Crippen LogP contribution in [0.2, 0.25) is 0 Å². The van der Waals surface area contributed by atoms with Crippen molar-refractivity contribution in [2.24, 2.45) is 0 Å². The van der Waals surface area contributed by atoms with E-state index in [-0.39, 0.29) is 0 Å². The largest absolute Gasteiger partial charge is 0.313 e. The normalized spacial score (nSPS) is 15.9. The molecular weight excluding hydrogens is 697 g/mol. The van der Waals surface area contributed by atoms with Crippen molar-refractivity contribution < 1.29 is 0 Å². The highest BCUT2D eigenvalue weighted by Crippen LogP contribution is 2.47. The summed E-state index contributed by atoms with van der Waals surface area (Å²) in [5.41, 5.74) is 14.5. The minimum absolute atomic E-state index is 0.952. The van der Waals surface area contributed by atoms with E-state index >= 15 is 0 Å². The van der Waals surface area contributed by atoms with E-state index in [2.05, 4.69) is 181 Å². The summed E-state index contributed by atoms with van der Waals surface area (Å²) in [6.45, 7) is 4.44. The highest BCUT2D eigenvalue weighted by molar-refractivity contribution is 7.26. The maximum atomic E-state index is 2.57. The van der Waals surface area contributed by atoms with Crippen LogP contribution in [0.4, 0.5) is 11.4 Å². The van der Waals surface area contributed by atoms with Gasteiger partial charge in [-0.25, -0.2) is 0 Å². The number of thiophene rings is 1. The molecule has 0 saturated carbocycles. The monoisotopic (exact) mass is 734 g/mol. The molecule has 12 rings (SSSR count). The lowest BCUT2D eigenvalue weighted by atomic mass is 9.94. The molecule has 0 spiro atoms. The highest BCUT2D eigenvalue weighted by Gasteiger charge is 2.25. The summed E-state index contributed by atoms with van der Waals surface area (Å²) < 4.78 is 5.19. The van der Waals surface area contributed by atoms with Gasteiger partial charge in [-0.3, -0.25) is 0 Å². The van der Waals surface area contributed by atoms with Crippen molar-refractivity contribution >= 4 is 103 Å². The van der Waals surface area contributed by atoms with Crippen molar-refractivity contribution in [3.8, 4) is 0 Å². The number of nitrogens with zero attached hydrogens (tertiary/aromatic N) is 2. The van der Waals surface area contributed by atoms with Crippen LogP contribution in [0.3, 0.4) is 0 Å². The summed E-state index contributed by atoms with van der Waals surface area (Å²) in [6.07, 6.45) is 14.8. The molecule has 0 atom stereocenters. The summed E-state index contributed by atoms with van der Waals surface area (Å²) in [6, 6.07) is 47.8. The third-order valence-electron chi connectivity index (χ3n) is 12.5. The average molecular weight is 735 g/mol. The van der Waals surface area contributed by atoms with Crippen LogP contribution >= 0.6 is 11.3 Å². The zero-order valence-corrected chi connectivity index (χ0v) is 32.3. The SMILES string of the molecule is CC=C1/C(=C\C=C(/C)N(c2ccc3ccc4c(cc5c6c(n7c8ccccc8c4c57)CCC=C6)c3c2)c2cccc3c2sc2ccccc23)Cc2ccccc21. The van der Waals surface area contributed by atoms with E-state index in [0.717, 1.165) is 19.3 Å². The van der Waals surface area contributed by atoms with E-state index < -0.39 is 0 Å². The van der Waals surface area contributed by atoms with Gasteiger partial charge in [0.1, 0.15) is 0 Å². The maximum Gasteiger partial charge on any atom is 0.0637 e. The van der Waals surface area contributed by atoms with Gasteiger partial charge in [0.25, 0.3) is 0 Å². The first-order chi connectivity index (χ1) is 27.7. The van der Waals surface area contributed by atoms with Gasteiger partial charge in [0.2, 0.25) is 0 Å². The molecule has 0 amide bonds. The molecule has 0 aliphatic heterocycles. The summed E-state index contributed by atoms with van der Waals surface area (Å²) in [7, 11) is 0. The Hall–Kier alpha value is -6.42. The Balaban J connectivity index is 1.12. The van der Waals surface area contributed by atoms with Gasteiger partial charge in [-0.05, 0) is 119 Å². The minimum Gasteiger partial charge on any atom is -0.313 e. The second kappa shape index (κ2) is 12.0. The van der Waals surface area contributed by atoms with Gasteiger partial charge in [0.15, 0.2) is 0 Å². The Kier molecular flexibility index (Phi) is 6.85. The summed E-state index contributed by atoms with van der Waals surface area (Å²) >= 11 is 1.89. The van der Waals surface area contributed by atoms with Crippen LogP contribution in [0.15, 0.2) is 163 Å². The van der Waals surface area contributed by atoms with E-state index in [9.17, 15) is 0 Å². The number of aromatic nitrogens is 1. The first kappa shape index (κ1) is 31.9. The Bertz CT molecular complexity index is 3420. The number of benzene rings is 7. The molecule has 2 aliphatic rings. The number of hydrogen-bond acceptors (Lipinski definition) is 2. The molecule has 2 aliphatic carbocycles. The number of rotatable bonds is 4. The van der Waals surface area contributed by atoms with Crippen LogP contribution < -0.4 is 4.90 Å². The Morgan fingerprint density at radius 2 is 1.55 bits per heavy atom. The van der Waals surface area contributed by atoms with Crippen molar-refractivity contribution in [3.63, 3.8) is 0 Å². The fourth-order valence-electron chi connectivity index (χ4n) is 10.1. The van der Waals surface area contributed by atoms with Gasteiger partial charge in [-0.2, -0.15) is 0 Å². The third-order valence-corrected chi connectivity index (χ3v) is 13.7. The van der Waals surface area contributed by atoms with Crippen molar-refractivity contribution in [3.05, 3.63) is 185 Å². The molecule has 7 aromatic carbocycles. The fourth-order valence-corrected chi connectivity index (χ4v) is 11.3. The molecule has 266 valence electrons. The first-order valence-electron chi connectivity index (χ1n) is 19.8. The third kappa shape index (κ3) is 4.43. The number of hydrogen-bond donors (Lipinski definition) is 0. The van der Waals surface area contributed by atoms with Gasteiger partial charge < -0.3 is 9.30 Å². The molecule has 0 unspecified atom stereocenters. The van der Waals surface area contributed by atoms with Crippen molar-refractivity contribution in [1.82, 2.24) is 4.40 Å². The van der Waals surface area contributed by atoms with Gasteiger partial charge in [0, 0.05) is 54.3 Å². The zero-order valence-electron chi connectivity index (χ0n) is 31.4. The average Bonchev–Trinajstić information content (AvgIpc) is 3.99. The van der Waals surface area contributed by atoms with Crippen LogP contribution in [0.25, 0.3) is 80.6 Å². The highest BCUT2D eigenvalue weighted by atomic mass is 32.1. The van der Waals surface area contributed by atoms with Gasteiger partial charge >= 0.3 is 0 Å². The first-order valence-corrected chi connectivity index (χ1v) is 20.6. The van der Waals surface area contributed by atoms with E-state index in [1.807, 2.05) is 11.3 Å². The predicted molar refractivity (Wildman–Crippen MR) is 243 cm³/mol. The molecular formula is C53H38N2S. The molecule has 3 heteroatoms. The summed E-state index contributed by atoms with van der Waals surface area (Å²) in [5, 5.41) is 11.9. The second-order valence-corrected chi connectivity index (χ2v) is 16.5. The van der Waals surface area contributed by atoms with Crippen molar-refractivity contribution in [2.45, 2.75) is 33.1 Å². The fraction of sp³-hybridized carbons (Fsp3) is 0.0943. The lowest BCUT2D eigenvalue weighted by Crippen LogP contribution is -2.14. The Morgan fingerprint density at radius 3 is 2.48 bits per heavy atom. The van der Waals surface area contributed by atoms with E-state index in [1.54, 1.807) is 0 Å². The Morgan fingerprint density at radius 1 is 0.732 bits per heavy atom. The number of aryl methyl sites for hydroxylation is 1. The zero-order chi connectivity index (χ0) is 37.1. The topological polar surface area (TPSA) is 7.65 Å². The standard InChI is InChI=1S/C53H38N2S/c1-3-37-35(29-34-13-4-5-14-38(34)37)24-23-32(2)54(49-21-12-18-42-40-16-8-11-22-50(40)56-53(42)49)36-27-25-33-26-28-41-45(44(33)30-36)31-46-39-15-6-9-19-47(39)55-48-20-10-7-17-43(48)51(41)52(46)55/h3-8,10-18,20-28,30-31H,9,19,29H2,1-2H3/b32-23+,35-24-,37-3?. The molecule has 0 bridgehead atoms. The number of allylic oxidation sites excluding steroid dienone is 7. The van der Waals surface area contributed by atoms with Gasteiger partial charge in [-0.1, -0.05) is 115 Å². The van der Waals surface area contributed by atoms with Crippen molar-refractivity contribution in [1.29, 1.82) is 0 Å². The van der Waals surface area contributed by atoms with Gasteiger partial charge in [0.05, 0.1) is 21.4 Å². The summed E-state index contributed by atoms with van der Waals surface area (Å²) in [4.78, 5) is 2.50. The lowest BCUT2D eigenvalue weighted by Gasteiger charge is -2.27. The smallest absolute Gasteiger partial charge is 0.0637 e. The van der Waals surface area contributed by atoms with E-state index in [1.165, 1.54) is 120 Å². The maximum absolute atomic E-state index is 2.57. The quantitative estimate of drug-likeness (QED) is 0.163. The number of anilines is 2. The number of fused-ring (bicyclic) bond motifs is 14. The molecule has 0 fully saturated rings. The van der Waals surface area contributed by atoms with Crippen molar-refractivity contribution in [2.75, 3.05) is 4.90 Å². The Labute approximate surface area is 329 Å². The molecule has 0 radical (unpaired) electrons. The molecule has 3 aromatic heterocycles. The molecule has 0 saturated heterocycles. The van der Waals surface area contributed by atoms with E-state index in [4.69, 9.17) is 0 Å². The van der Waals surface area contributed by atoms with Crippen LogP contribution in [0.1, 0.15) is 42.7 Å². The van der Waals surface area contributed by atoms with E-state index in [0.29, 0.717) is 0 Å². The van der Waals surface area contributed by atoms with Gasteiger partial charge in [-0.15, -0.1) is 11.3 Å². The van der Waals surface area contributed by atoms with Crippen LogP contribution in [0, 0.1) is 0 Å². The van der Waals surface area contributed by atoms with Crippen LogP contribution in [0.5, 0.6) is 0 Å². The molecule has 3 heterocycles. The predicted octanol–water partition coefficient (Wildman–Crippen LogP) is 14.9. The molecule has 2 nitrogen and oxygen atoms in total. The van der Waals surface area contributed by atoms with Crippen LogP contribution in [-0.4, -0.2) is 4.40 Å². The lowest BCUT2D eigenvalue weighted by molar-refractivity contribution is 0.926. The molecule has 0 N–H and O–H groups in total. The number of para-hydroxylation sites is 1. The summed E-state index contributed by atoms with van der Waals surface area (Å²) in [5.74, 6) is 0. The molecule has 10 aromatic rings. The van der Waals surface area contributed by atoms with Crippen LogP contribution in [-0.2, 0) is 12.8 Å². The molecule has 56 heavy (non-hydrogen) atoms.